The Hall–Kier alpha value is -0.770. The molecule has 2 N–H and O–H groups in total. The summed E-state index contributed by atoms with van der Waals surface area (Å²) in [7, 11) is 2.22. The van der Waals surface area contributed by atoms with Crippen LogP contribution in [0.2, 0.25) is 5.02 Å². The summed E-state index contributed by atoms with van der Waals surface area (Å²) >= 11 is 6.57. The van der Waals surface area contributed by atoms with Gasteiger partial charge in [-0.3, -0.25) is 4.90 Å². The number of nitrogens with zero attached hydrogens (tertiary/aromatic N) is 1. The van der Waals surface area contributed by atoms with Crippen LogP contribution in [0.25, 0.3) is 0 Å². The minimum absolute atomic E-state index is 0.265. The van der Waals surface area contributed by atoms with E-state index in [4.69, 9.17) is 11.6 Å². The molecule has 2 rings (SSSR count). The van der Waals surface area contributed by atoms with Crippen LogP contribution >= 0.6 is 11.6 Å². The monoisotopic (exact) mass is 309 g/mol. The fraction of sp³-hybridized carbons (Fsp3) is 0.647. The van der Waals surface area contributed by atoms with Crippen molar-refractivity contribution in [3.05, 3.63) is 28.8 Å². The second-order valence-corrected chi connectivity index (χ2v) is 6.69. The molecule has 1 aliphatic heterocycles. The van der Waals surface area contributed by atoms with Crippen molar-refractivity contribution in [1.82, 2.24) is 10.2 Å². The van der Waals surface area contributed by atoms with Crippen molar-refractivity contribution in [2.24, 2.45) is 0 Å². The van der Waals surface area contributed by atoms with Crippen molar-refractivity contribution in [2.45, 2.75) is 45.2 Å². The Bertz CT molecular complexity index is 455. The highest BCUT2D eigenvalue weighted by atomic mass is 35.5. The van der Waals surface area contributed by atoms with E-state index in [-0.39, 0.29) is 5.54 Å². The highest BCUT2D eigenvalue weighted by Crippen LogP contribution is 2.30. The van der Waals surface area contributed by atoms with Gasteiger partial charge in [-0.25, -0.2) is 0 Å². The first-order valence-electron chi connectivity index (χ1n) is 8.00. The molecule has 1 heterocycles. The van der Waals surface area contributed by atoms with Crippen molar-refractivity contribution in [3.8, 4) is 0 Å². The summed E-state index contributed by atoms with van der Waals surface area (Å²) in [6.07, 6.45) is 3.48. The van der Waals surface area contributed by atoms with Gasteiger partial charge in [-0.2, -0.15) is 0 Å². The maximum absolute atomic E-state index is 6.57. The Balaban J connectivity index is 2.08. The molecule has 1 saturated heterocycles. The number of rotatable bonds is 6. The number of hydrogen-bond acceptors (Lipinski definition) is 3. The quantitative estimate of drug-likeness (QED) is 0.838. The molecule has 3 nitrogen and oxygen atoms in total. The number of hydrogen-bond donors (Lipinski definition) is 2. The molecule has 1 fully saturated rings. The zero-order valence-electron chi connectivity index (χ0n) is 13.5. The predicted molar refractivity (Wildman–Crippen MR) is 92.2 cm³/mol. The SMILES string of the molecule is CCCNc1cccc(CN(C)C2(C)CCNCC2)c1Cl. The normalized spacial score (nSPS) is 18.0. The van der Waals surface area contributed by atoms with Gasteiger partial charge in [-0.1, -0.05) is 30.7 Å². The lowest BCUT2D eigenvalue weighted by Gasteiger charge is -2.42. The topological polar surface area (TPSA) is 27.3 Å². The molecule has 0 amide bonds. The van der Waals surface area contributed by atoms with Crippen LogP contribution in [0.5, 0.6) is 0 Å². The molecule has 0 spiro atoms. The van der Waals surface area contributed by atoms with E-state index in [1.807, 2.05) is 0 Å². The van der Waals surface area contributed by atoms with Crippen LogP contribution in [-0.2, 0) is 6.54 Å². The van der Waals surface area contributed by atoms with Gasteiger partial charge in [0.1, 0.15) is 0 Å². The molecule has 1 aromatic carbocycles. The van der Waals surface area contributed by atoms with E-state index >= 15 is 0 Å². The van der Waals surface area contributed by atoms with Gasteiger partial charge in [-0.15, -0.1) is 0 Å². The van der Waals surface area contributed by atoms with Crippen LogP contribution in [0.4, 0.5) is 5.69 Å². The predicted octanol–water partition coefficient (Wildman–Crippen LogP) is 3.74. The van der Waals surface area contributed by atoms with Crippen molar-refractivity contribution in [2.75, 3.05) is 32.0 Å². The molecule has 4 heteroatoms. The van der Waals surface area contributed by atoms with Gasteiger partial charge in [-0.05, 0) is 58.0 Å². The molecule has 0 atom stereocenters. The van der Waals surface area contributed by atoms with E-state index in [0.717, 1.165) is 43.3 Å². The van der Waals surface area contributed by atoms with Crippen molar-refractivity contribution in [3.63, 3.8) is 0 Å². The van der Waals surface area contributed by atoms with Crippen molar-refractivity contribution in [1.29, 1.82) is 0 Å². The zero-order chi connectivity index (χ0) is 15.3. The third kappa shape index (κ3) is 4.12. The van der Waals surface area contributed by atoms with Gasteiger partial charge in [0.25, 0.3) is 0 Å². The fourth-order valence-electron chi connectivity index (χ4n) is 2.89. The Morgan fingerprint density at radius 1 is 1.33 bits per heavy atom. The van der Waals surface area contributed by atoms with E-state index in [1.54, 1.807) is 0 Å². The van der Waals surface area contributed by atoms with Crippen LogP contribution in [0.15, 0.2) is 18.2 Å². The number of halogens is 1. The molecule has 0 saturated carbocycles. The highest BCUT2D eigenvalue weighted by Gasteiger charge is 2.31. The molecule has 1 aliphatic rings. The Morgan fingerprint density at radius 3 is 2.71 bits per heavy atom. The van der Waals surface area contributed by atoms with Gasteiger partial charge < -0.3 is 10.6 Å². The smallest absolute Gasteiger partial charge is 0.0682 e. The molecule has 21 heavy (non-hydrogen) atoms. The van der Waals surface area contributed by atoms with Gasteiger partial charge in [0.05, 0.1) is 10.7 Å². The lowest BCUT2D eigenvalue weighted by Crippen LogP contribution is -2.50. The molecule has 118 valence electrons. The average Bonchev–Trinajstić information content (AvgIpc) is 2.49. The molecule has 0 bridgehead atoms. The zero-order valence-corrected chi connectivity index (χ0v) is 14.3. The summed E-state index contributed by atoms with van der Waals surface area (Å²) in [4.78, 5) is 2.46. The second-order valence-electron chi connectivity index (χ2n) is 6.31. The molecular weight excluding hydrogens is 282 g/mol. The van der Waals surface area contributed by atoms with Crippen LogP contribution in [-0.4, -0.2) is 37.1 Å². The van der Waals surface area contributed by atoms with Crippen LogP contribution in [0.3, 0.4) is 0 Å². The van der Waals surface area contributed by atoms with Crippen LogP contribution < -0.4 is 10.6 Å². The van der Waals surface area contributed by atoms with E-state index < -0.39 is 0 Å². The summed E-state index contributed by atoms with van der Waals surface area (Å²) in [6, 6.07) is 6.30. The molecule has 0 radical (unpaired) electrons. The summed E-state index contributed by atoms with van der Waals surface area (Å²) < 4.78 is 0. The maximum atomic E-state index is 6.57. The first-order chi connectivity index (χ1) is 10.1. The molecular formula is C17H28ClN3. The number of anilines is 1. The number of piperidine rings is 1. The lowest BCUT2D eigenvalue weighted by atomic mass is 9.88. The highest BCUT2D eigenvalue weighted by molar-refractivity contribution is 6.34. The van der Waals surface area contributed by atoms with Gasteiger partial charge in [0, 0.05) is 18.6 Å². The molecule has 1 aromatic rings. The Labute approximate surface area is 134 Å². The maximum Gasteiger partial charge on any atom is 0.0682 e. The summed E-state index contributed by atoms with van der Waals surface area (Å²) in [6.45, 7) is 8.59. The largest absolute Gasteiger partial charge is 0.384 e. The summed E-state index contributed by atoms with van der Waals surface area (Å²) in [5.41, 5.74) is 2.53. The molecule has 0 aromatic heterocycles. The van der Waals surface area contributed by atoms with Crippen LogP contribution in [0, 0.1) is 0 Å². The summed E-state index contributed by atoms with van der Waals surface area (Å²) in [5.74, 6) is 0. The van der Waals surface area contributed by atoms with E-state index in [0.29, 0.717) is 0 Å². The van der Waals surface area contributed by atoms with Gasteiger partial charge >= 0.3 is 0 Å². The number of nitrogens with one attached hydrogen (secondary N) is 2. The third-order valence-electron chi connectivity index (χ3n) is 4.65. The van der Waals surface area contributed by atoms with Gasteiger partial charge in [0.2, 0.25) is 0 Å². The second kappa shape index (κ2) is 7.48. The standard InChI is InChI=1S/C17H28ClN3/c1-4-10-20-15-7-5-6-14(16(15)18)13-21(3)17(2)8-11-19-12-9-17/h5-7,19-20H,4,8-13H2,1-3H3. The molecule has 0 unspecified atom stereocenters. The number of benzene rings is 1. The molecule has 0 aliphatic carbocycles. The summed E-state index contributed by atoms with van der Waals surface area (Å²) in [5, 5.41) is 7.72. The third-order valence-corrected chi connectivity index (χ3v) is 5.10. The Morgan fingerprint density at radius 2 is 2.05 bits per heavy atom. The first-order valence-corrected chi connectivity index (χ1v) is 8.38. The van der Waals surface area contributed by atoms with Crippen molar-refractivity contribution >= 4 is 17.3 Å². The first kappa shape index (κ1) is 16.6. The Kier molecular flexibility index (Phi) is 5.91. The fourth-order valence-corrected chi connectivity index (χ4v) is 3.14. The average molecular weight is 310 g/mol. The van der Waals surface area contributed by atoms with Gasteiger partial charge in [0.15, 0.2) is 0 Å². The minimum Gasteiger partial charge on any atom is -0.384 e. The van der Waals surface area contributed by atoms with Crippen LogP contribution in [0.1, 0.15) is 38.7 Å². The van der Waals surface area contributed by atoms with E-state index in [9.17, 15) is 0 Å². The lowest BCUT2D eigenvalue weighted by molar-refractivity contribution is 0.0929. The van der Waals surface area contributed by atoms with E-state index in [1.165, 1.54) is 18.4 Å². The van der Waals surface area contributed by atoms with E-state index in [2.05, 4.69) is 54.6 Å². The minimum atomic E-state index is 0.265. The van der Waals surface area contributed by atoms with Crippen molar-refractivity contribution < 1.29 is 0 Å².